The average Bonchev–Trinajstić information content (AvgIpc) is 3.38. The second-order valence-electron chi connectivity index (χ2n) is 13.7. The highest BCUT2D eigenvalue weighted by Crippen LogP contribution is 2.42. The van der Waals surface area contributed by atoms with E-state index in [0.717, 1.165) is 29.2 Å². The molecule has 0 unspecified atom stereocenters. The summed E-state index contributed by atoms with van der Waals surface area (Å²) in [6.07, 6.45) is 1.63. The van der Waals surface area contributed by atoms with E-state index in [1.54, 1.807) is 11.9 Å². The zero-order chi connectivity index (χ0) is 35.5. The fraction of sp³-hybridized carbons (Fsp3) is 0.667. The van der Waals surface area contributed by atoms with Gasteiger partial charge < -0.3 is 34.6 Å². The molecule has 4 rings (SSSR count). The number of aliphatic hydroxyl groups is 1. The lowest BCUT2D eigenvalue weighted by molar-refractivity contribution is -0.136. The topological polar surface area (TPSA) is 124 Å². The van der Waals surface area contributed by atoms with Gasteiger partial charge in [0, 0.05) is 82.1 Å². The number of halogens is 1. The maximum atomic E-state index is 14.3. The van der Waals surface area contributed by atoms with Crippen molar-refractivity contribution in [1.29, 1.82) is 0 Å². The number of hydrogen-bond acceptors (Lipinski definition) is 10. The van der Waals surface area contributed by atoms with Crippen LogP contribution >= 0.6 is 11.6 Å². The Morgan fingerprint density at radius 3 is 2.39 bits per heavy atom. The number of hydrogen-bond donors (Lipinski definition) is 2. The summed E-state index contributed by atoms with van der Waals surface area (Å²) in [4.78, 5) is 44.1. The Morgan fingerprint density at radius 1 is 1.02 bits per heavy atom. The number of rotatable bonds is 18. The molecule has 12 nitrogen and oxygen atoms in total. The van der Waals surface area contributed by atoms with E-state index < -0.39 is 12.0 Å². The average molecular weight is 702 g/mol. The molecule has 1 saturated heterocycles. The van der Waals surface area contributed by atoms with Gasteiger partial charge in [-0.2, -0.15) is 0 Å². The first-order valence-corrected chi connectivity index (χ1v) is 18.0. The molecule has 1 aromatic carbocycles. The maximum absolute atomic E-state index is 14.3. The Bertz CT molecular complexity index is 1340. The lowest BCUT2D eigenvalue weighted by Gasteiger charge is -2.39. The van der Waals surface area contributed by atoms with E-state index >= 15 is 0 Å². The van der Waals surface area contributed by atoms with Crippen molar-refractivity contribution in [1.82, 2.24) is 30.0 Å². The van der Waals surface area contributed by atoms with Gasteiger partial charge in [-0.3, -0.25) is 14.5 Å². The van der Waals surface area contributed by atoms with E-state index in [1.165, 1.54) is 6.33 Å². The van der Waals surface area contributed by atoms with Crippen molar-refractivity contribution in [3.8, 4) is 0 Å². The van der Waals surface area contributed by atoms with Gasteiger partial charge in [0.2, 0.25) is 11.8 Å². The fourth-order valence-corrected chi connectivity index (χ4v) is 6.57. The van der Waals surface area contributed by atoms with Crippen LogP contribution in [0.25, 0.3) is 0 Å². The number of likely N-dealkylation sites (N-methyl/N-ethyl adjacent to an activating group) is 1. The summed E-state index contributed by atoms with van der Waals surface area (Å²) in [5, 5.41) is 14.4. The molecule has 0 spiro atoms. The van der Waals surface area contributed by atoms with Crippen molar-refractivity contribution in [3.05, 3.63) is 52.4 Å². The number of amides is 2. The van der Waals surface area contributed by atoms with Gasteiger partial charge in [0.05, 0.1) is 37.5 Å². The first-order valence-electron chi connectivity index (χ1n) is 17.6. The highest BCUT2D eigenvalue weighted by molar-refractivity contribution is 6.30. The van der Waals surface area contributed by atoms with Crippen LogP contribution in [-0.2, 0) is 19.1 Å². The minimum atomic E-state index is -0.558. The summed E-state index contributed by atoms with van der Waals surface area (Å²) in [5.41, 5.74) is 2.66. The van der Waals surface area contributed by atoms with Crippen LogP contribution < -0.4 is 10.2 Å². The zero-order valence-electron chi connectivity index (χ0n) is 30.1. The Balaban J connectivity index is 1.33. The van der Waals surface area contributed by atoms with Gasteiger partial charge in [0.1, 0.15) is 18.8 Å². The normalized spacial score (nSPS) is 18.4. The van der Waals surface area contributed by atoms with E-state index in [-0.39, 0.29) is 30.4 Å². The SMILES string of the molecule is CC(C)NCCOCCOCC(=O)N(C)CCN(C[C@@H](C(=O)N1CCN(c2ncnc3c2[C@H](C)C[C@H]3O)CC1)c1ccc(Cl)cc1)C(C)C. The smallest absolute Gasteiger partial charge is 0.248 e. The van der Waals surface area contributed by atoms with E-state index in [9.17, 15) is 14.7 Å². The zero-order valence-corrected chi connectivity index (χ0v) is 30.9. The number of carbonyl (C=O) groups excluding carboxylic acids is 2. The van der Waals surface area contributed by atoms with Crippen molar-refractivity contribution in [3.63, 3.8) is 0 Å². The molecule has 1 fully saturated rings. The molecule has 1 aliphatic heterocycles. The van der Waals surface area contributed by atoms with Crippen molar-refractivity contribution < 1.29 is 24.2 Å². The van der Waals surface area contributed by atoms with Crippen molar-refractivity contribution in [2.75, 3.05) is 90.7 Å². The largest absolute Gasteiger partial charge is 0.387 e. The third-order valence-electron chi connectivity index (χ3n) is 9.43. The quantitative estimate of drug-likeness (QED) is 0.224. The monoisotopic (exact) mass is 701 g/mol. The molecule has 2 N–H and O–H groups in total. The lowest BCUT2D eigenvalue weighted by Crippen LogP contribution is -2.52. The minimum absolute atomic E-state index is 0.000951. The number of carbonyl (C=O) groups is 2. The van der Waals surface area contributed by atoms with Crippen LogP contribution in [0.2, 0.25) is 5.02 Å². The van der Waals surface area contributed by atoms with Crippen LogP contribution in [0.4, 0.5) is 5.82 Å². The van der Waals surface area contributed by atoms with Crippen LogP contribution in [-0.4, -0.2) is 140 Å². The highest BCUT2D eigenvalue weighted by Gasteiger charge is 2.35. The van der Waals surface area contributed by atoms with E-state index in [0.29, 0.717) is 83.1 Å². The van der Waals surface area contributed by atoms with Crippen LogP contribution in [0, 0.1) is 0 Å². The number of ether oxygens (including phenoxy) is 2. The lowest BCUT2D eigenvalue weighted by atomic mass is 9.95. The molecular weight excluding hydrogens is 646 g/mol. The first kappa shape index (κ1) is 38.9. The van der Waals surface area contributed by atoms with Gasteiger partial charge in [-0.15, -0.1) is 0 Å². The van der Waals surface area contributed by atoms with Gasteiger partial charge in [0.25, 0.3) is 0 Å². The Morgan fingerprint density at radius 2 is 1.71 bits per heavy atom. The molecule has 13 heteroatoms. The molecule has 1 aliphatic carbocycles. The maximum Gasteiger partial charge on any atom is 0.248 e. The fourth-order valence-electron chi connectivity index (χ4n) is 6.44. The predicted octanol–water partition coefficient (Wildman–Crippen LogP) is 3.30. The number of anilines is 1. The molecule has 3 atom stereocenters. The van der Waals surface area contributed by atoms with Gasteiger partial charge >= 0.3 is 0 Å². The first-order chi connectivity index (χ1) is 23.5. The third-order valence-corrected chi connectivity index (χ3v) is 9.68. The molecule has 49 heavy (non-hydrogen) atoms. The number of benzene rings is 1. The van der Waals surface area contributed by atoms with Crippen molar-refractivity contribution in [2.24, 2.45) is 0 Å². The van der Waals surface area contributed by atoms with Crippen LogP contribution in [0.15, 0.2) is 30.6 Å². The van der Waals surface area contributed by atoms with Gasteiger partial charge in [0.15, 0.2) is 0 Å². The summed E-state index contributed by atoms with van der Waals surface area (Å²) < 4.78 is 11.1. The van der Waals surface area contributed by atoms with Crippen molar-refractivity contribution >= 4 is 29.2 Å². The number of nitrogens with one attached hydrogen (secondary N) is 1. The molecule has 2 amide bonds. The van der Waals surface area contributed by atoms with E-state index in [4.69, 9.17) is 21.1 Å². The Kier molecular flexibility index (Phi) is 15.0. The minimum Gasteiger partial charge on any atom is -0.387 e. The summed E-state index contributed by atoms with van der Waals surface area (Å²) in [6.45, 7) is 16.8. The number of aromatic nitrogens is 2. The molecule has 0 bridgehead atoms. The molecule has 2 heterocycles. The summed E-state index contributed by atoms with van der Waals surface area (Å²) >= 11 is 6.24. The molecule has 0 radical (unpaired) electrons. The van der Waals surface area contributed by atoms with Gasteiger partial charge in [-0.05, 0) is 43.9 Å². The molecule has 2 aromatic rings. The molecule has 1 aromatic heterocycles. The standard InChI is InChI=1S/C36H56ClN7O5/c1-25(2)38-11-18-48-19-20-49-23-32(46)41(6)12-13-44(26(3)4)22-30(28-7-9-29(37)10-8-28)36(47)43-16-14-42(15-17-43)35-33-27(5)21-31(45)34(33)39-24-40-35/h7-10,24-27,30-31,38,45H,11-23H2,1-6H3/t27-,30-,31-/m1/s1. The number of nitrogens with zero attached hydrogens (tertiary/aromatic N) is 6. The second kappa shape index (κ2) is 18.9. The third kappa shape index (κ3) is 11.1. The molecule has 2 aliphatic rings. The number of piperazine rings is 1. The second-order valence-corrected chi connectivity index (χ2v) is 14.2. The van der Waals surface area contributed by atoms with Gasteiger partial charge in [-0.1, -0.05) is 44.5 Å². The summed E-state index contributed by atoms with van der Waals surface area (Å²) in [7, 11) is 1.79. The molecular formula is C36H56ClN7O5. The van der Waals surface area contributed by atoms with Gasteiger partial charge in [-0.25, -0.2) is 9.97 Å². The number of aliphatic hydroxyl groups excluding tert-OH is 1. The van der Waals surface area contributed by atoms with Crippen LogP contribution in [0.1, 0.15) is 75.8 Å². The summed E-state index contributed by atoms with van der Waals surface area (Å²) in [5.74, 6) is 0.634. The van der Waals surface area contributed by atoms with Crippen LogP contribution in [0.5, 0.6) is 0 Å². The van der Waals surface area contributed by atoms with Crippen LogP contribution in [0.3, 0.4) is 0 Å². The highest BCUT2D eigenvalue weighted by atomic mass is 35.5. The number of fused-ring (bicyclic) bond motifs is 1. The predicted molar refractivity (Wildman–Crippen MR) is 192 cm³/mol. The molecule has 0 saturated carbocycles. The molecule has 272 valence electrons. The summed E-state index contributed by atoms with van der Waals surface area (Å²) in [6, 6.07) is 8.12. The van der Waals surface area contributed by atoms with E-state index in [1.807, 2.05) is 29.2 Å². The van der Waals surface area contributed by atoms with Crippen molar-refractivity contribution in [2.45, 2.75) is 71.1 Å². The Hall–Kier alpha value is -2.87. The Labute approximate surface area is 297 Å². The van der Waals surface area contributed by atoms with E-state index in [2.05, 4.69) is 59.7 Å².